The Labute approximate surface area is 271 Å². The van der Waals surface area contributed by atoms with Gasteiger partial charge in [-0.25, -0.2) is 0 Å². The number of aliphatic hydroxyl groups is 5. The Morgan fingerprint density at radius 1 is 1.02 bits per heavy atom. The fraction of sp³-hybridized carbons (Fsp3) is 0.970. The molecule has 0 aromatic carbocycles. The molecule has 2 saturated heterocycles. The third-order valence-corrected chi connectivity index (χ3v) is 10.5. The highest BCUT2D eigenvalue weighted by atomic mass is 16.7. The monoisotopic (exact) mass is 647 g/mol. The lowest BCUT2D eigenvalue weighted by atomic mass is 9.70. The van der Waals surface area contributed by atoms with E-state index < -0.39 is 71.4 Å². The topological polar surface area (TPSA) is 164 Å². The van der Waals surface area contributed by atoms with Crippen molar-refractivity contribution < 1.29 is 44.5 Å². The Morgan fingerprint density at radius 3 is 2.16 bits per heavy atom. The molecule has 2 aliphatic heterocycles. The van der Waals surface area contributed by atoms with Crippen LogP contribution in [0.4, 0.5) is 0 Å². The summed E-state index contributed by atoms with van der Waals surface area (Å²) in [6.07, 6.45) is -4.73. The number of likely N-dealkylation sites (N-methyl/N-ethyl adjacent to an activating group) is 2. The van der Waals surface area contributed by atoms with Gasteiger partial charge in [0.05, 0.1) is 29.3 Å². The van der Waals surface area contributed by atoms with Crippen molar-refractivity contribution in [1.29, 1.82) is 0 Å². The molecule has 0 radical (unpaired) electrons. The predicted octanol–water partition coefficient (Wildman–Crippen LogP) is 0.955. The quantitative estimate of drug-likeness (QED) is 0.217. The predicted molar refractivity (Wildman–Crippen MR) is 172 cm³/mol. The van der Waals surface area contributed by atoms with E-state index in [-0.39, 0.29) is 37.5 Å². The van der Waals surface area contributed by atoms with Gasteiger partial charge in [-0.15, -0.1) is 0 Å². The van der Waals surface area contributed by atoms with Crippen LogP contribution in [0.15, 0.2) is 0 Å². The van der Waals surface area contributed by atoms with E-state index in [1.54, 1.807) is 34.6 Å². The molecule has 1 unspecified atom stereocenters. The van der Waals surface area contributed by atoms with Crippen LogP contribution in [0.3, 0.4) is 0 Å². The van der Waals surface area contributed by atoms with Crippen molar-refractivity contribution in [3.05, 3.63) is 0 Å². The van der Waals surface area contributed by atoms with E-state index in [0.717, 1.165) is 0 Å². The molecule has 12 heteroatoms. The Kier molecular flexibility index (Phi) is 14.3. The first-order valence-corrected chi connectivity index (χ1v) is 16.8. The van der Waals surface area contributed by atoms with Crippen molar-refractivity contribution in [1.82, 2.24) is 15.1 Å². The Balaban J connectivity index is 2.71. The van der Waals surface area contributed by atoms with E-state index in [2.05, 4.69) is 5.32 Å². The summed E-state index contributed by atoms with van der Waals surface area (Å²) in [5.74, 6) is -2.89. The van der Waals surface area contributed by atoms with Gasteiger partial charge in [-0.2, -0.15) is 0 Å². The first-order chi connectivity index (χ1) is 20.6. The maximum atomic E-state index is 13.9. The van der Waals surface area contributed by atoms with E-state index in [1.165, 1.54) is 6.92 Å². The van der Waals surface area contributed by atoms with Gasteiger partial charge in [0.25, 0.3) is 0 Å². The number of carbonyl (C=O) groups excluding carboxylic acids is 1. The van der Waals surface area contributed by atoms with Crippen LogP contribution < -0.4 is 5.32 Å². The Hall–Kier alpha value is -0.930. The summed E-state index contributed by atoms with van der Waals surface area (Å²) < 4.78 is 18.6. The van der Waals surface area contributed by atoms with Crippen molar-refractivity contribution in [2.45, 2.75) is 147 Å². The minimum Gasteiger partial charge on any atom is -0.459 e. The third-order valence-electron chi connectivity index (χ3n) is 10.5. The van der Waals surface area contributed by atoms with Gasteiger partial charge >= 0.3 is 5.97 Å². The maximum absolute atomic E-state index is 13.9. The van der Waals surface area contributed by atoms with Crippen LogP contribution in [0.5, 0.6) is 0 Å². The maximum Gasteiger partial charge on any atom is 0.312 e. The molecule has 2 rings (SSSR count). The van der Waals surface area contributed by atoms with Crippen LogP contribution in [0, 0.1) is 17.8 Å². The van der Waals surface area contributed by atoms with Gasteiger partial charge in [0, 0.05) is 24.5 Å². The van der Waals surface area contributed by atoms with Crippen LogP contribution >= 0.6 is 0 Å². The SMILES string of the molecule is CC[C@H]1OC(=O)C(C)[C@@](O)(CN(C)CC)[C@H](C)[C@@H](O[C@@H]2O[C@H](C)C[C@H](N(C)C)[C@H]2O)[C@@](C)(O)C[C@@H](C)CN[C@H](C)[C@@H](O)[C@]1(C)O. The molecule has 266 valence electrons. The van der Waals surface area contributed by atoms with E-state index in [0.29, 0.717) is 19.5 Å². The van der Waals surface area contributed by atoms with Crippen molar-refractivity contribution in [3.63, 3.8) is 0 Å². The standard InChI is InChI=1S/C33H65N3O9/c1-13-25-32(9,41)27(38)23(7)34-17-19(3)16-31(8,40)28(45-30-26(37)24(35(10)11)15-20(4)43-30)21(5)33(42,18-36(12)14-2)22(6)29(39)44-25/h19-28,30,34,37-38,40-42H,13-18H2,1-12H3/t19-,20-,21-,22?,23-,24+,25-,26-,27-,28-,30+,31+,32-,33-/m1/s1. The number of carbonyl (C=O) groups is 1. The van der Waals surface area contributed by atoms with Gasteiger partial charge < -0.3 is 54.9 Å². The third kappa shape index (κ3) is 9.37. The van der Waals surface area contributed by atoms with Crippen molar-refractivity contribution in [2.75, 3.05) is 40.8 Å². The lowest BCUT2D eigenvalue weighted by Crippen LogP contribution is -2.64. The molecule has 12 nitrogen and oxygen atoms in total. The van der Waals surface area contributed by atoms with E-state index in [9.17, 15) is 30.3 Å². The smallest absolute Gasteiger partial charge is 0.312 e. The summed E-state index contributed by atoms with van der Waals surface area (Å²) in [6, 6.07) is -0.825. The molecule has 0 bridgehead atoms. The number of nitrogens with one attached hydrogen (secondary N) is 1. The minimum atomic E-state index is -1.79. The first-order valence-electron chi connectivity index (χ1n) is 16.8. The molecule has 2 heterocycles. The number of hydrogen-bond donors (Lipinski definition) is 6. The fourth-order valence-electron chi connectivity index (χ4n) is 7.24. The molecule has 0 spiro atoms. The van der Waals surface area contributed by atoms with Gasteiger partial charge in [0.2, 0.25) is 0 Å². The molecule has 45 heavy (non-hydrogen) atoms. The second kappa shape index (κ2) is 16.0. The highest BCUT2D eigenvalue weighted by Crippen LogP contribution is 2.40. The summed E-state index contributed by atoms with van der Waals surface area (Å²) >= 11 is 0. The summed E-state index contributed by atoms with van der Waals surface area (Å²) in [7, 11) is 5.59. The van der Waals surface area contributed by atoms with Crippen LogP contribution in [0.2, 0.25) is 0 Å². The fourth-order valence-corrected chi connectivity index (χ4v) is 7.24. The molecule has 0 aliphatic carbocycles. The number of cyclic esters (lactones) is 1. The number of aliphatic hydroxyl groups excluding tert-OH is 2. The lowest BCUT2D eigenvalue weighted by molar-refractivity contribution is -0.305. The number of hydrogen-bond acceptors (Lipinski definition) is 12. The molecule has 0 amide bonds. The second-order valence-corrected chi connectivity index (χ2v) is 14.8. The molecular formula is C33H65N3O9. The highest BCUT2D eigenvalue weighted by Gasteiger charge is 2.55. The number of ether oxygens (including phenoxy) is 3. The number of rotatable bonds is 7. The number of esters is 1. The molecule has 2 aliphatic rings. The summed E-state index contributed by atoms with van der Waals surface area (Å²) in [5.41, 5.74) is -5.13. The molecule has 0 aromatic rings. The molecule has 0 saturated carbocycles. The van der Waals surface area contributed by atoms with Crippen molar-refractivity contribution >= 4 is 5.97 Å². The van der Waals surface area contributed by atoms with Crippen LogP contribution in [0.1, 0.15) is 81.6 Å². The van der Waals surface area contributed by atoms with Crippen LogP contribution in [-0.4, -0.2) is 148 Å². The minimum absolute atomic E-state index is 0.0473. The van der Waals surface area contributed by atoms with E-state index >= 15 is 0 Å². The van der Waals surface area contributed by atoms with E-state index in [1.807, 2.05) is 51.7 Å². The second-order valence-electron chi connectivity index (χ2n) is 14.8. The average molecular weight is 648 g/mol. The zero-order chi connectivity index (χ0) is 34.7. The van der Waals surface area contributed by atoms with Gasteiger partial charge in [0.1, 0.15) is 23.9 Å². The lowest BCUT2D eigenvalue weighted by Gasteiger charge is -2.50. The van der Waals surface area contributed by atoms with Gasteiger partial charge in [-0.05, 0) is 94.0 Å². The van der Waals surface area contributed by atoms with Crippen molar-refractivity contribution in [3.8, 4) is 0 Å². The van der Waals surface area contributed by atoms with Crippen molar-refractivity contribution in [2.24, 2.45) is 17.8 Å². The summed E-state index contributed by atoms with van der Waals surface area (Å²) in [4.78, 5) is 17.7. The Morgan fingerprint density at radius 2 is 1.62 bits per heavy atom. The molecule has 6 N–H and O–H groups in total. The van der Waals surface area contributed by atoms with E-state index in [4.69, 9.17) is 14.2 Å². The molecule has 2 fully saturated rings. The Bertz CT molecular complexity index is 937. The number of nitrogens with zero attached hydrogens (tertiary/aromatic N) is 2. The molecule has 14 atom stereocenters. The molecular weight excluding hydrogens is 582 g/mol. The van der Waals surface area contributed by atoms with Gasteiger partial charge in [-0.1, -0.05) is 27.7 Å². The van der Waals surface area contributed by atoms with Gasteiger partial charge in [-0.3, -0.25) is 4.79 Å². The highest BCUT2D eigenvalue weighted by molar-refractivity contribution is 5.74. The van der Waals surface area contributed by atoms with Gasteiger partial charge in [0.15, 0.2) is 6.29 Å². The van der Waals surface area contributed by atoms with Crippen LogP contribution in [-0.2, 0) is 19.0 Å². The normalized spacial score (nSPS) is 46.5. The summed E-state index contributed by atoms with van der Waals surface area (Å²) in [6.45, 7) is 16.7. The zero-order valence-electron chi connectivity index (χ0n) is 29.9. The molecule has 0 aromatic heterocycles. The largest absolute Gasteiger partial charge is 0.459 e. The first kappa shape index (κ1) is 40.2. The average Bonchev–Trinajstić information content (AvgIpc) is 2.95. The zero-order valence-corrected chi connectivity index (χ0v) is 29.9. The van der Waals surface area contributed by atoms with Crippen LogP contribution in [0.25, 0.3) is 0 Å². The summed E-state index contributed by atoms with van der Waals surface area (Å²) in [5, 5.41) is 62.1.